The maximum atomic E-state index is 12.9. The number of β-lactam (4-membered cyclic amide) rings is 1. The Balaban J connectivity index is 1.41. The van der Waals surface area contributed by atoms with E-state index in [1.807, 2.05) is 30.3 Å². The van der Waals surface area contributed by atoms with Crippen molar-refractivity contribution in [3.63, 3.8) is 0 Å². The Bertz CT molecular complexity index is 1070. The lowest BCUT2D eigenvalue weighted by Crippen LogP contribution is -2.70. The van der Waals surface area contributed by atoms with Gasteiger partial charge < -0.3 is 14.8 Å². The summed E-state index contributed by atoms with van der Waals surface area (Å²) in [6.07, 6.45) is 0.182. The maximum Gasteiger partial charge on any atom is 0.355 e. The molecule has 4 rings (SSSR count). The fourth-order valence-electron chi connectivity index (χ4n) is 3.72. The summed E-state index contributed by atoms with van der Waals surface area (Å²) in [6.45, 7) is 0.0545. The van der Waals surface area contributed by atoms with Crippen molar-refractivity contribution in [3.8, 4) is 5.75 Å². The molecule has 2 aliphatic rings. The Hall–Kier alpha value is -2.97. The quantitative estimate of drug-likeness (QED) is 0.351. The molecule has 1 saturated heterocycles. The Kier molecular flexibility index (Phi) is 7.25. The van der Waals surface area contributed by atoms with Crippen molar-refractivity contribution in [1.82, 2.24) is 10.2 Å². The average Bonchev–Trinajstić information content (AvgIpc) is 2.85. The van der Waals surface area contributed by atoms with Crippen LogP contribution in [0.1, 0.15) is 11.1 Å². The smallest absolute Gasteiger partial charge is 0.355 e. The number of amides is 2. The Labute approximate surface area is 201 Å². The van der Waals surface area contributed by atoms with Crippen LogP contribution in [0.2, 0.25) is 0 Å². The first-order valence-corrected chi connectivity index (χ1v) is 12.0. The summed E-state index contributed by atoms with van der Waals surface area (Å²) in [5, 5.41) is 2.44. The molecule has 0 aromatic heterocycles. The summed E-state index contributed by atoms with van der Waals surface area (Å²) in [5.41, 5.74) is 2.47. The largest absolute Gasteiger partial charge is 0.497 e. The van der Waals surface area contributed by atoms with E-state index >= 15 is 0 Å². The van der Waals surface area contributed by atoms with Crippen LogP contribution in [0.25, 0.3) is 0 Å². The van der Waals surface area contributed by atoms with Gasteiger partial charge in [0, 0.05) is 11.6 Å². The highest BCUT2D eigenvalue weighted by Crippen LogP contribution is 2.41. The van der Waals surface area contributed by atoms with Crippen molar-refractivity contribution in [2.45, 2.75) is 24.4 Å². The van der Waals surface area contributed by atoms with Gasteiger partial charge in [-0.2, -0.15) is 0 Å². The molecule has 1 unspecified atom stereocenters. The number of rotatable bonds is 8. The van der Waals surface area contributed by atoms with E-state index in [1.165, 1.54) is 16.7 Å². The van der Waals surface area contributed by atoms with Crippen molar-refractivity contribution in [1.29, 1.82) is 0 Å². The highest BCUT2D eigenvalue weighted by Gasteiger charge is 2.54. The number of nitrogens with one attached hydrogen (secondary N) is 1. The molecular formula is C24H23ClN2O5S. The van der Waals surface area contributed by atoms with Crippen LogP contribution in [0.4, 0.5) is 0 Å². The zero-order valence-corrected chi connectivity index (χ0v) is 19.5. The summed E-state index contributed by atoms with van der Waals surface area (Å²) < 4.78 is 10.6. The van der Waals surface area contributed by atoms with Crippen LogP contribution in [0.3, 0.4) is 0 Å². The first kappa shape index (κ1) is 23.2. The third-order valence-corrected chi connectivity index (χ3v) is 7.12. The van der Waals surface area contributed by atoms with Crippen molar-refractivity contribution in [2.75, 3.05) is 18.7 Å². The molecule has 2 atom stereocenters. The minimum absolute atomic E-state index is 0.0545. The first-order valence-electron chi connectivity index (χ1n) is 10.4. The highest BCUT2D eigenvalue weighted by atomic mass is 35.5. The number of carbonyl (C=O) groups excluding carboxylic acids is 3. The number of methoxy groups -OCH3 is 1. The SMILES string of the molecule is COc1ccc(COC(=O)C2=C(CCl)CSC3[C@H](NC(=O)Cc4ccccc4)C(=O)N23)cc1. The lowest BCUT2D eigenvalue weighted by molar-refractivity contribution is -0.153. The van der Waals surface area contributed by atoms with Crippen LogP contribution in [-0.2, 0) is 32.1 Å². The minimum atomic E-state index is -0.688. The first-order chi connectivity index (χ1) is 16.0. The van der Waals surface area contributed by atoms with Gasteiger partial charge in [-0.15, -0.1) is 23.4 Å². The normalized spacial score (nSPS) is 19.5. The molecule has 7 nitrogen and oxygen atoms in total. The number of alkyl halides is 1. The predicted molar refractivity (Wildman–Crippen MR) is 126 cm³/mol. The second-order valence-electron chi connectivity index (χ2n) is 7.63. The lowest BCUT2D eigenvalue weighted by atomic mass is 10.0. The summed E-state index contributed by atoms with van der Waals surface area (Å²) in [4.78, 5) is 39.7. The molecule has 1 fully saturated rings. The Morgan fingerprint density at radius 2 is 1.85 bits per heavy atom. The second kappa shape index (κ2) is 10.3. The van der Waals surface area contributed by atoms with E-state index in [0.29, 0.717) is 17.1 Å². The van der Waals surface area contributed by atoms with Gasteiger partial charge in [0.25, 0.3) is 5.91 Å². The fraction of sp³-hybridized carbons (Fsp3) is 0.292. The predicted octanol–water partition coefficient (Wildman–Crippen LogP) is 2.87. The van der Waals surface area contributed by atoms with E-state index in [9.17, 15) is 14.4 Å². The molecule has 172 valence electrons. The van der Waals surface area contributed by atoms with Crippen molar-refractivity contribution >= 4 is 41.1 Å². The van der Waals surface area contributed by atoms with Gasteiger partial charge in [0.05, 0.1) is 13.5 Å². The average molecular weight is 487 g/mol. The van der Waals surface area contributed by atoms with Gasteiger partial charge in [0.2, 0.25) is 5.91 Å². The van der Waals surface area contributed by atoms with Gasteiger partial charge in [-0.05, 0) is 28.8 Å². The van der Waals surface area contributed by atoms with Gasteiger partial charge in [-0.1, -0.05) is 42.5 Å². The second-order valence-corrected chi connectivity index (χ2v) is 9.00. The molecule has 33 heavy (non-hydrogen) atoms. The minimum Gasteiger partial charge on any atom is -0.497 e. The monoisotopic (exact) mass is 486 g/mol. The van der Waals surface area contributed by atoms with Crippen LogP contribution >= 0.6 is 23.4 Å². The Morgan fingerprint density at radius 1 is 1.12 bits per heavy atom. The molecule has 0 aliphatic carbocycles. The summed E-state index contributed by atoms with van der Waals surface area (Å²) in [5.74, 6) is 0.116. The molecule has 2 amide bonds. The van der Waals surface area contributed by atoms with Crippen molar-refractivity contribution < 1.29 is 23.9 Å². The van der Waals surface area contributed by atoms with Crippen molar-refractivity contribution in [2.24, 2.45) is 0 Å². The zero-order valence-electron chi connectivity index (χ0n) is 18.0. The Morgan fingerprint density at radius 3 is 2.52 bits per heavy atom. The van der Waals surface area contributed by atoms with Crippen LogP contribution in [0.15, 0.2) is 65.9 Å². The highest BCUT2D eigenvalue weighted by molar-refractivity contribution is 8.00. The molecule has 0 radical (unpaired) electrons. The molecule has 0 spiro atoms. The van der Waals surface area contributed by atoms with Gasteiger partial charge in [-0.3, -0.25) is 14.5 Å². The van der Waals surface area contributed by atoms with Gasteiger partial charge in [0.15, 0.2) is 0 Å². The number of hydrogen-bond acceptors (Lipinski definition) is 6. The van der Waals surface area contributed by atoms with E-state index < -0.39 is 12.0 Å². The van der Waals surface area contributed by atoms with E-state index in [1.54, 1.807) is 31.4 Å². The van der Waals surface area contributed by atoms with E-state index in [2.05, 4.69) is 5.32 Å². The van der Waals surface area contributed by atoms with E-state index in [0.717, 1.165) is 11.1 Å². The number of thioether (sulfide) groups is 1. The van der Waals surface area contributed by atoms with E-state index in [4.69, 9.17) is 21.1 Å². The third kappa shape index (κ3) is 5.02. The molecule has 2 aliphatic heterocycles. The molecule has 0 bridgehead atoms. The summed E-state index contributed by atoms with van der Waals surface area (Å²) >= 11 is 7.54. The third-order valence-electron chi connectivity index (χ3n) is 5.45. The molecule has 9 heteroatoms. The molecular weight excluding hydrogens is 464 g/mol. The van der Waals surface area contributed by atoms with Crippen LogP contribution < -0.4 is 10.1 Å². The topological polar surface area (TPSA) is 84.9 Å². The summed E-state index contributed by atoms with van der Waals surface area (Å²) in [7, 11) is 1.58. The van der Waals surface area contributed by atoms with Gasteiger partial charge in [-0.25, -0.2) is 4.79 Å². The molecule has 0 saturated carbocycles. The number of fused-ring (bicyclic) bond motifs is 1. The van der Waals surface area contributed by atoms with Crippen LogP contribution in [-0.4, -0.2) is 52.8 Å². The van der Waals surface area contributed by atoms with Crippen LogP contribution in [0, 0.1) is 0 Å². The van der Waals surface area contributed by atoms with E-state index in [-0.39, 0.29) is 41.8 Å². The van der Waals surface area contributed by atoms with Crippen LogP contribution in [0.5, 0.6) is 5.75 Å². The van der Waals surface area contributed by atoms with Gasteiger partial charge in [0.1, 0.15) is 29.5 Å². The number of halogens is 1. The van der Waals surface area contributed by atoms with Gasteiger partial charge >= 0.3 is 5.97 Å². The number of carbonyl (C=O) groups is 3. The number of hydrogen-bond donors (Lipinski definition) is 1. The molecule has 2 heterocycles. The molecule has 2 aromatic rings. The number of nitrogens with zero attached hydrogens (tertiary/aromatic N) is 1. The molecule has 2 aromatic carbocycles. The zero-order chi connectivity index (χ0) is 23.4. The fourth-order valence-corrected chi connectivity index (χ4v) is 5.40. The standard InChI is InChI=1S/C24H23ClN2O5S/c1-31-18-9-7-16(8-10-18)13-32-24(30)21-17(12-25)14-33-23-20(22(29)27(21)23)26-19(28)11-15-5-3-2-4-6-15/h2-10,20,23H,11-14H2,1H3,(H,26,28)/t20-,23?/m1/s1. The lowest BCUT2D eigenvalue weighted by Gasteiger charge is -2.49. The molecule has 1 N–H and O–H groups in total. The number of esters is 1. The number of benzene rings is 2. The number of ether oxygens (including phenoxy) is 2. The summed E-state index contributed by atoms with van der Waals surface area (Å²) in [6, 6.07) is 15.8. The van der Waals surface area contributed by atoms with Crippen molar-refractivity contribution in [3.05, 3.63) is 77.0 Å². The maximum absolute atomic E-state index is 12.9.